The molecule has 1 atom stereocenters. The van der Waals surface area contributed by atoms with Gasteiger partial charge in [0.1, 0.15) is 11.7 Å². The van der Waals surface area contributed by atoms with Crippen LogP contribution in [0.15, 0.2) is 22.7 Å². The molecule has 0 unspecified atom stereocenters. The van der Waals surface area contributed by atoms with E-state index in [0.29, 0.717) is 24.5 Å². The summed E-state index contributed by atoms with van der Waals surface area (Å²) in [4.78, 5) is 42.8. The van der Waals surface area contributed by atoms with Crippen molar-refractivity contribution in [1.82, 2.24) is 20.0 Å². The number of halogens is 3. The number of benzene rings is 1. The monoisotopic (exact) mass is 491 g/mol. The van der Waals surface area contributed by atoms with Crippen LogP contribution in [0.25, 0.3) is 0 Å². The minimum atomic E-state index is -1.12. The van der Waals surface area contributed by atoms with Gasteiger partial charge in [0.15, 0.2) is 17.5 Å². The van der Waals surface area contributed by atoms with Gasteiger partial charge in [-0.25, -0.2) is 8.78 Å². The van der Waals surface area contributed by atoms with Gasteiger partial charge in [0.25, 0.3) is 17.6 Å². The molecule has 0 aliphatic carbocycles. The van der Waals surface area contributed by atoms with Crippen LogP contribution in [0.2, 0.25) is 5.02 Å². The molecular formula is C22H20ClF2N5O4. The Morgan fingerprint density at radius 2 is 1.97 bits per heavy atom. The van der Waals surface area contributed by atoms with Gasteiger partial charge in [-0.2, -0.15) is 4.98 Å². The second-order valence-electron chi connectivity index (χ2n) is 7.88. The summed E-state index contributed by atoms with van der Waals surface area (Å²) in [6, 6.07) is 2.19. The van der Waals surface area contributed by atoms with Crippen LogP contribution in [0, 0.1) is 18.6 Å². The largest absolute Gasteiger partial charge is 0.340 e. The number of nitrogens with zero attached hydrogens (tertiary/aromatic N) is 3. The first kappa shape index (κ1) is 23.6. The highest BCUT2D eigenvalue weighted by Crippen LogP contribution is 2.33. The Balaban J connectivity index is 1.63. The first-order valence-electron chi connectivity index (χ1n) is 10.5. The molecule has 1 aliphatic rings. The lowest BCUT2D eigenvalue weighted by Gasteiger charge is -2.18. The van der Waals surface area contributed by atoms with Crippen LogP contribution >= 0.6 is 11.6 Å². The van der Waals surface area contributed by atoms with Gasteiger partial charge in [0.05, 0.1) is 10.6 Å². The average Bonchev–Trinajstić information content (AvgIpc) is 3.36. The molecule has 0 saturated heterocycles. The van der Waals surface area contributed by atoms with Crippen LogP contribution in [-0.2, 0) is 17.8 Å². The van der Waals surface area contributed by atoms with Gasteiger partial charge in [-0.1, -0.05) is 16.8 Å². The summed E-state index contributed by atoms with van der Waals surface area (Å²) in [7, 11) is 0. The molecule has 34 heavy (non-hydrogen) atoms. The Bertz CT molecular complexity index is 1300. The number of fused-ring (bicyclic) bond motifs is 1. The van der Waals surface area contributed by atoms with Crippen LogP contribution < -0.4 is 10.6 Å². The lowest BCUT2D eigenvalue weighted by molar-refractivity contribution is -0.117. The number of carbonyl (C=O) groups is 3. The number of amides is 2. The van der Waals surface area contributed by atoms with Crippen molar-refractivity contribution >= 4 is 34.9 Å². The molecular weight excluding hydrogens is 472 g/mol. The molecule has 0 spiro atoms. The Morgan fingerprint density at radius 3 is 2.65 bits per heavy atom. The first-order valence-corrected chi connectivity index (χ1v) is 10.9. The Labute approximate surface area is 197 Å². The van der Waals surface area contributed by atoms with Gasteiger partial charge >= 0.3 is 0 Å². The molecule has 9 nitrogen and oxygen atoms in total. The van der Waals surface area contributed by atoms with Crippen molar-refractivity contribution in [2.45, 2.75) is 45.7 Å². The van der Waals surface area contributed by atoms with Gasteiger partial charge in [-0.15, -0.1) is 0 Å². The molecule has 1 aliphatic heterocycles. The number of aryl methyl sites for hydroxylation is 1. The topological polar surface area (TPSA) is 119 Å². The van der Waals surface area contributed by atoms with Crippen LogP contribution in [0.1, 0.15) is 64.1 Å². The Kier molecular flexibility index (Phi) is 6.47. The van der Waals surface area contributed by atoms with Crippen LogP contribution in [0.4, 0.5) is 14.5 Å². The smallest absolute Gasteiger partial charge is 0.294 e. The molecule has 0 fully saturated rings. The zero-order valence-electron chi connectivity index (χ0n) is 18.2. The van der Waals surface area contributed by atoms with E-state index in [1.807, 2.05) is 0 Å². The van der Waals surface area contributed by atoms with Crippen molar-refractivity contribution in [1.29, 1.82) is 0 Å². The predicted octanol–water partition coefficient (Wildman–Crippen LogP) is 3.76. The summed E-state index contributed by atoms with van der Waals surface area (Å²) in [6.07, 6.45) is 1.92. The lowest BCUT2D eigenvalue weighted by Crippen LogP contribution is -2.35. The van der Waals surface area contributed by atoms with E-state index in [1.54, 1.807) is 18.4 Å². The summed E-state index contributed by atoms with van der Waals surface area (Å²) in [5.74, 6) is -4.25. The van der Waals surface area contributed by atoms with E-state index >= 15 is 0 Å². The summed E-state index contributed by atoms with van der Waals surface area (Å²) in [5.41, 5.74) is 0.416. The van der Waals surface area contributed by atoms with Crippen molar-refractivity contribution in [3.63, 3.8) is 0 Å². The second-order valence-corrected chi connectivity index (χ2v) is 8.26. The maximum Gasteiger partial charge on any atom is 0.294 e. The molecule has 178 valence electrons. The molecule has 3 heterocycles. The van der Waals surface area contributed by atoms with Crippen molar-refractivity contribution in [3.05, 3.63) is 63.5 Å². The maximum absolute atomic E-state index is 13.6. The highest BCUT2D eigenvalue weighted by atomic mass is 35.5. The van der Waals surface area contributed by atoms with E-state index < -0.39 is 35.3 Å². The van der Waals surface area contributed by atoms with E-state index in [4.69, 9.17) is 16.1 Å². The van der Waals surface area contributed by atoms with Crippen molar-refractivity contribution in [2.24, 2.45) is 0 Å². The molecule has 1 aromatic carbocycles. The summed E-state index contributed by atoms with van der Waals surface area (Å²) < 4.78 is 33.3. The van der Waals surface area contributed by atoms with Gasteiger partial charge in [-0.05, 0) is 45.2 Å². The van der Waals surface area contributed by atoms with E-state index in [2.05, 4.69) is 20.8 Å². The maximum atomic E-state index is 13.6. The van der Waals surface area contributed by atoms with E-state index in [1.165, 1.54) is 6.07 Å². The molecule has 0 bridgehead atoms. The van der Waals surface area contributed by atoms with Gasteiger partial charge < -0.3 is 19.7 Å². The molecule has 3 aromatic rings. The van der Waals surface area contributed by atoms with Gasteiger partial charge in [0.2, 0.25) is 5.89 Å². The minimum absolute atomic E-state index is 0.0165. The molecule has 2 amide bonds. The van der Waals surface area contributed by atoms with Crippen molar-refractivity contribution in [2.75, 3.05) is 5.32 Å². The minimum Gasteiger partial charge on any atom is -0.340 e. The number of anilines is 1. The van der Waals surface area contributed by atoms with E-state index in [0.717, 1.165) is 25.0 Å². The Hall–Kier alpha value is -3.60. The van der Waals surface area contributed by atoms with Crippen LogP contribution in [-0.4, -0.2) is 32.3 Å². The van der Waals surface area contributed by atoms with Crippen LogP contribution in [0.5, 0.6) is 0 Å². The normalized spacial score (nSPS) is 13.8. The zero-order chi connectivity index (χ0) is 24.6. The number of ketones is 1. The lowest BCUT2D eigenvalue weighted by atomic mass is 10.1. The molecule has 2 aromatic heterocycles. The SMILES string of the molecule is Cc1noc([C@@H](C)NC(=O)C(=O)c2c(Cl)c(C(=O)Nc3ccc(F)c(F)c3)c3n2CCCC3)n1. The molecule has 4 rings (SSSR count). The Morgan fingerprint density at radius 1 is 1.21 bits per heavy atom. The highest BCUT2D eigenvalue weighted by molar-refractivity contribution is 6.48. The number of carbonyl (C=O) groups excluding carboxylic acids is 3. The molecule has 0 radical (unpaired) electrons. The quantitative estimate of drug-likeness (QED) is 0.400. The van der Waals surface area contributed by atoms with Crippen molar-refractivity contribution < 1.29 is 27.7 Å². The third kappa shape index (κ3) is 4.43. The zero-order valence-corrected chi connectivity index (χ0v) is 19.0. The molecule has 2 N–H and O–H groups in total. The standard InChI is InChI=1S/C22H20ClF2N5O4/c1-10(22-27-11(2)29-34-22)26-21(33)19(31)18-17(23)16(15-5-3-4-8-30(15)18)20(32)28-12-6-7-13(24)14(25)9-12/h6-7,9-10H,3-5,8H2,1-2H3,(H,26,33)(H,28,32)/t10-/m1/s1. The fourth-order valence-corrected chi connectivity index (χ4v) is 4.23. The fraction of sp³-hybridized carbons (Fsp3) is 0.318. The summed E-state index contributed by atoms with van der Waals surface area (Å²) in [5, 5.41) is 8.44. The van der Waals surface area contributed by atoms with Gasteiger partial charge in [0, 0.05) is 24.0 Å². The number of rotatable bonds is 6. The number of nitrogens with one attached hydrogen (secondary N) is 2. The predicted molar refractivity (Wildman–Crippen MR) is 117 cm³/mol. The number of Topliss-reactive ketones (excluding diaryl/α,β-unsaturated/α-hetero) is 1. The molecule has 12 heteroatoms. The average molecular weight is 492 g/mol. The van der Waals surface area contributed by atoms with E-state index in [-0.39, 0.29) is 27.9 Å². The van der Waals surface area contributed by atoms with Crippen LogP contribution in [0.3, 0.4) is 0 Å². The number of hydrogen-bond donors (Lipinski definition) is 2. The first-order chi connectivity index (χ1) is 16.2. The highest BCUT2D eigenvalue weighted by Gasteiger charge is 2.34. The van der Waals surface area contributed by atoms with Gasteiger partial charge in [-0.3, -0.25) is 14.4 Å². The third-order valence-electron chi connectivity index (χ3n) is 5.44. The second kappa shape index (κ2) is 9.34. The molecule has 0 saturated carbocycles. The van der Waals surface area contributed by atoms with E-state index in [9.17, 15) is 23.2 Å². The number of hydrogen-bond acceptors (Lipinski definition) is 6. The third-order valence-corrected chi connectivity index (χ3v) is 5.81. The fourth-order valence-electron chi connectivity index (χ4n) is 3.84. The number of aromatic nitrogens is 3. The summed E-state index contributed by atoms with van der Waals surface area (Å²) >= 11 is 6.48. The summed E-state index contributed by atoms with van der Waals surface area (Å²) in [6.45, 7) is 3.58. The van der Waals surface area contributed by atoms with Crippen molar-refractivity contribution in [3.8, 4) is 0 Å².